The molecule has 23 heavy (non-hydrogen) atoms. The topological polar surface area (TPSA) is 76.7 Å². The van der Waals surface area contributed by atoms with Crippen molar-refractivity contribution in [1.82, 2.24) is 0 Å². The molecule has 0 unspecified atom stereocenters. The van der Waals surface area contributed by atoms with Crippen molar-refractivity contribution in [2.24, 2.45) is 0 Å². The van der Waals surface area contributed by atoms with Gasteiger partial charge in [0.25, 0.3) is 5.91 Å². The van der Waals surface area contributed by atoms with Crippen LogP contribution in [-0.2, 0) is 4.79 Å². The smallest absolute Gasteiger partial charge is 0.266 e. The third kappa shape index (κ3) is 4.11. The molecule has 2 rings (SSSR count). The molecule has 0 atom stereocenters. The molecule has 6 heteroatoms. The zero-order valence-electron chi connectivity index (χ0n) is 11.7. The molecule has 2 aromatic rings. The Kier molecular flexibility index (Phi) is 5.38. The Labute approximate surface area is 143 Å². The summed E-state index contributed by atoms with van der Waals surface area (Å²) in [7, 11) is 0. The van der Waals surface area contributed by atoms with E-state index in [1.807, 2.05) is 12.1 Å². The molecule has 112 valence electrons. The first-order valence-electron chi connectivity index (χ1n) is 6.42. The molecular formula is C17H9Cl2N3O. The van der Waals surface area contributed by atoms with Crippen molar-refractivity contribution < 1.29 is 4.79 Å². The summed E-state index contributed by atoms with van der Waals surface area (Å²) >= 11 is 12.0. The van der Waals surface area contributed by atoms with Crippen molar-refractivity contribution in [2.75, 3.05) is 5.32 Å². The highest BCUT2D eigenvalue weighted by molar-refractivity contribution is 6.40. The zero-order chi connectivity index (χ0) is 16.8. The van der Waals surface area contributed by atoms with Gasteiger partial charge in [-0.25, -0.2) is 0 Å². The minimum absolute atomic E-state index is 0.106. The number of anilines is 1. The van der Waals surface area contributed by atoms with Gasteiger partial charge in [0, 0.05) is 0 Å². The van der Waals surface area contributed by atoms with Crippen LogP contribution < -0.4 is 5.32 Å². The molecule has 0 fully saturated rings. The van der Waals surface area contributed by atoms with Crippen molar-refractivity contribution >= 4 is 40.9 Å². The second-order valence-corrected chi connectivity index (χ2v) is 5.27. The summed E-state index contributed by atoms with van der Waals surface area (Å²) in [5.41, 5.74) is 1.27. The number of benzene rings is 2. The van der Waals surface area contributed by atoms with Crippen LogP contribution in [0.4, 0.5) is 5.69 Å². The third-order valence-electron chi connectivity index (χ3n) is 2.92. The summed E-state index contributed by atoms with van der Waals surface area (Å²) in [6, 6.07) is 15.1. The first kappa shape index (κ1) is 16.6. The van der Waals surface area contributed by atoms with Crippen molar-refractivity contribution in [3.8, 4) is 12.1 Å². The van der Waals surface area contributed by atoms with Crippen molar-refractivity contribution in [3.63, 3.8) is 0 Å². The molecule has 1 N–H and O–H groups in total. The van der Waals surface area contributed by atoms with Crippen molar-refractivity contribution in [1.29, 1.82) is 10.5 Å². The number of nitrogens with zero attached hydrogens (tertiary/aromatic N) is 2. The fraction of sp³-hybridized carbons (Fsp3) is 0. The number of nitrogens with one attached hydrogen (secondary N) is 1. The fourth-order valence-corrected chi connectivity index (χ4v) is 2.26. The summed E-state index contributed by atoms with van der Waals surface area (Å²) in [6.07, 6.45) is 1.42. The number of halogens is 2. The lowest BCUT2D eigenvalue weighted by Gasteiger charge is -2.08. The quantitative estimate of drug-likeness (QED) is 0.663. The van der Waals surface area contributed by atoms with E-state index < -0.39 is 5.91 Å². The maximum absolute atomic E-state index is 12.2. The monoisotopic (exact) mass is 341 g/mol. The molecule has 0 radical (unpaired) electrons. The lowest BCUT2D eigenvalue weighted by molar-refractivity contribution is -0.112. The van der Waals surface area contributed by atoms with Crippen LogP contribution in [0.25, 0.3) is 6.08 Å². The van der Waals surface area contributed by atoms with Gasteiger partial charge in [-0.3, -0.25) is 4.79 Å². The van der Waals surface area contributed by atoms with E-state index in [0.29, 0.717) is 11.1 Å². The van der Waals surface area contributed by atoms with E-state index in [2.05, 4.69) is 5.32 Å². The highest BCUT2D eigenvalue weighted by Gasteiger charge is 2.13. The van der Waals surface area contributed by atoms with Crippen LogP contribution in [-0.4, -0.2) is 5.91 Å². The Balaban J connectivity index is 2.26. The number of hydrogen-bond donors (Lipinski definition) is 1. The van der Waals surface area contributed by atoms with Crippen LogP contribution in [0.3, 0.4) is 0 Å². The zero-order valence-corrected chi connectivity index (χ0v) is 13.2. The molecule has 0 aliphatic rings. The maximum atomic E-state index is 12.2. The second kappa shape index (κ2) is 7.47. The van der Waals surface area contributed by atoms with Crippen LogP contribution >= 0.6 is 23.2 Å². The lowest BCUT2D eigenvalue weighted by Crippen LogP contribution is -2.14. The van der Waals surface area contributed by atoms with Crippen LogP contribution in [0, 0.1) is 22.7 Å². The number of amides is 1. The van der Waals surface area contributed by atoms with Crippen LogP contribution in [0.1, 0.15) is 11.1 Å². The molecule has 0 spiro atoms. The predicted molar refractivity (Wildman–Crippen MR) is 89.8 cm³/mol. The van der Waals surface area contributed by atoms with Gasteiger partial charge in [-0.2, -0.15) is 10.5 Å². The Bertz CT molecular complexity index is 839. The summed E-state index contributed by atoms with van der Waals surface area (Å²) in [5.74, 6) is -0.619. The summed E-state index contributed by atoms with van der Waals surface area (Å²) < 4.78 is 0. The van der Waals surface area contributed by atoms with Gasteiger partial charge in [0.1, 0.15) is 11.6 Å². The Morgan fingerprint density at radius 2 is 1.65 bits per heavy atom. The van der Waals surface area contributed by atoms with Gasteiger partial charge < -0.3 is 5.32 Å². The molecule has 0 aliphatic carbocycles. The van der Waals surface area contributed by atoms with E-state index in [4.69, 9.17) is 28.5 Å². The van der Waals surface area contributed by atoms with Crippen LogP contribution in [0.2, 0.25) is 10.0 Å². The molecular weight excluding hydrogens is 333 g/mol. The van der Waals surface area contributed by atoms with Gasteiger partial charge in [0.05, 0.1) is 27.4 Å². The Morgan fingerprint density at radius 3 is 2.17 bits per heavy atom. The number of carbonyl (C=O) groups is 1. The van der Waals surface area contributed by atoms with E-state index in [-0.39, 0.29) is 21.3 Å². The van der Waals surface area contributed by atoms with Gasteiger partial charge in [0.2, 0.25) is 0 Å². The molecule has 0 aromatic heterocycles. The number of carbonyl (C=O) groups excluding carboxylic acids is 1. The third-order valence-corrected chi connectivity index (χ3v) is 3.55. The van der Waals surface area contributed by atoms with Gasteiger partial charge >= 0.3 is 0 Å². The van der Waals surface area contributed by atoms with Crippen molar-refractivity contribution in [3.05, 3.63) is 69.2 Å². The first-order valence-corrected chi connectivity index (χ1v) is 7.18. The molecule has 0 saturated heterocycles. The fourth-order valence-electron chi connectivity index (χ4n) is 1.77. The standard InChI is InChI=1S/C17H9Cl2N3O/c18-14-2-1-3-15(19)16(14)22-17(23)13(10-21)8-11-4-6-12(9-20)7-5-11/h1-8H,(H,22,23). The van der Waals surface area contributed by atoms with Crippen LogP contribution in [0.5, 0.6) is 0 Å². The molecule has 4 nitrogen and oxygen atoms in total. The number of rotatable bonds is 3. The molecule has 0 saturated carbocycles. The molecule has 2 aromatic carbocycles. The van der Waals surface area contributed by atoms with Gasteiger partial charge in [-0.1, -0.05) is 41.4 Å². The largest absolute Gasteiger partial charge is 0.319 e. The van der Waals surface area contributed by atoms with E-state index in [0.717, 1.165) is 0 Å². The molecule has 0 heterocycles. The van der Waals surface area contributed by atoms with Gasteiger partial charge in [0.15, 0.2) is 0 Å². The minimum atomic E-state index is -0.619. The summed E-state index contributed by atoms with van der Waals surface area (Å²) in [5, 5.41) is 21.0. The second-order valence-electron chi connectivity index (χ2n) is 4.45. The van der Waals surface area contributed by atoms with Gasteiger partial charge in [-0.15, -0.1) is 0 Å². The van der Waals surface area contributed by atoms with Gasteiger partial charge in [-0.05, 0) is 35.9 Å². The van der Waals surface area contributed by atoms with E-state index >= 15 is 0 Å². The SMILES string of the molecule is N#CC(=Cc1ccc(C#N)cc1)C(=O)Nc1c(Cl)cccc1Cl. The average molecular weight is 342 g/mol. The number of hydrogen-bond acceptors (Lipinski definition) is 3. The van der Waals surface area contributed by atoms with Crippen LogP contribution in [0.15, 0.2) is 48.0 Å². The Morgan fingerprint density at radius 1 is 1.04 bits per heavy atom. The summed E-state index contributed by atoms with van der Waals surface area (Å²) in [4.78, 5) is 12.2. The lowest BCUT2D eigenvalue weighted by atomic mass is 10.1. The maximum Gasteiger partial charge on any atom is 0.266 e. The van der Waals surface area contributed by atoms with E-state index in [1.165, 1.54) is 6.08 Å². The normalized spacial score (nSPS) is 10.5. The molecule has 1 amide bonds. The Hall–Kier alpha value is -2.79. The predicted octanol–water partition coefficient (Wildman–Crippen LogP) is 4.41. The summed E-state index contributed by atoms with van der Waals surface area (Å²) in [6.45, 7) is 0. The highest BCUT2D eigenvalue weighted by Crippen LogP contribution is 2.30. The molecule has 0 bridgehead atoms. The minimum Gasteiger partial charge on any atom is -0.319 e. The van der Waals surface area contributed by atoms with E-state index in [1.54, 1.807) is 42.5 Å². The highest BCUT2D eigenvalue weighted by atomic mass is 35.5. The first-order chi connectivity index (χ1) is 11.0. The van der Waals surface area contributed by atoms with Crippen molar-refractivity contribution in [2.45, 2.75) is 0 Å². The van der Waals surface area contributed by atoms with E-state index in [9.17, 15) is 10.1 Å². The number of para-hydroxylation sites is 1. The molecule has 0 aliphatic heterocycles. The number of nitriles is 2. The average Bonchev–Trinajstić information content (AvgIpc) is 2.56.